The van der Waals surface area contributed by atoms with Crippen molar-refractivity contribution in [2.24, 2.45) is 5.92 Å². The van der Waals surface area contributed by atoms with Crippen molar-refractivity contribution < 1.29 is 4.79 Å². The van der Waals surface area contributed by atoms with E-state index in [9.17, 15) is 4.79 Å². The zero-order chi connectivity index (χ0) is 13.8. The van der Waals surface area contributed by atoms with Crippen LogP contribution in [0.25, 0.3) is 5.69 Å². The van der Waals surface area contributed by atoms with Crippen LogP contribution in [0.5, 0.6) is 0 Å². The molecule has 104 valence electrons. The smallest absolute Gasteiger partial charge is 0.183 e. The lowest BCUT2D eigenvalue weighted by Crippen LogP contribution is -2.31. The monoisotopic (exact) mass is 270 g/mol. The maximum absolute atomic E-state index is 12.4. The first-order valence-electron chi connectivity index (χ1n) is 7.04. The summed E-state index contributed by atoms with van der Waals surface area (Å²) >= 11 is 0. The Labute approximate surface area is 118 Å². The first-order valence-corrected chi connectivity index (χ1v) is 7.04. The van der Waals surface area contributed by atoms with Crippen molar-refractivity contribution in [1.82, 2.24) is 20.3 Å². The number of rotatable bonds is 4. The number of carbonyl (C=O) groups excluding carboxylic acids is 1. The van der Waals surface area contributed by atoms with E-state index in [1.165, 1.54) is 0 Å². The highest BCUT2D eigenvalue weighted by atomic mass is 16.1. The van der Waals surface area contributed by atoms with E-state index in [1.807, 2.05) is 30.3 Å². The van der Waals surface area contributed by atoms with Crippen molar-refractivity contribution in [3.8, 4) is 5.69 Å². The second-order valence-electron chi connectivity index (χ2n) is 5.21. The molecule has 0 aliphatic carbocycles. The van der Waals surface area contributed by atoms with Gasteiger partial charge in [0.2, 0.25) is 0 Å². The molecule has 1 aliphatic rings. The minimum atomic E-state index is 0.118. The van der Waals surface area contributed by atoms with Gasteiger partial charge in [0.25, 0.3) is 0 Å². The Morgan fingerprint density at radius 2 is 2.20 bits per heavy atom. The molecular formula is C15H18N4O. The van der Waals surface area contributed by atoms with Crippen LogP contribution in [0.1, 0.15) is 29.8 Å². The highest BCUT2D eigenvalue weighted by molar-refractivity contribution is 5.94. The molecule has 2 heterocycles. The van der Waals surface area contributed by atoms with Gasteiger partial charge in [-0.3, -0.25) is 4.79 Å². The van der Waals surface area contributed by atoms with Crippen molar-refractivity contribution in [3.05, 3.63) is 42.2 Å². The minimum absolute atomic E-state index is 0.118. The van der Waals surface area contributed by atoms with Gasteiger partial charge in [0.15, 0.2) is 5.78 Å². The third kappa shape index (κ3) is 2.77. The van der Waals surface area contributed by atoms with Crippen LogP contribution in [0, 0.1) is 5.92 Å². The number of hydrogen-bond donors (Lipinski definition) is 1. The quantitative estimate of drug-likeness (QED) is 0.861. The molecule has 1 aromatic carbocycles. The predicted octanol–water partition coefficient (Wildman–Crippen LogP) is 1.84. The largest absolute Gasteiger partial charge is 0.316 e. The fourth-order valence-electron chi connectivity index (χ4n) is 2.65. The van der Waals surface area contributed by atoms with Gasteiger partial charge in [0.1, 0.15) is 5.69 Å². The lowest BCUT2D eigenvalue weighted by molar-refractivity contribution is 0.0946. The molecule has 0 spiro atoms. The Morgan fingerprint density at radius 3 is 2.95 bits per heavy atom. The maximum Gasteiger partial charge on any atom is 0.183 e. The van der Waals surface area contributed by atoms with Crippen LogP contribution in [0.2, 0.25) is 0 Å². The highest BCUT2D eigenvalue weighted by Gasteiger charge is 2.21. The molecule has 1 fully saturated rings. The Hall–Kier alpha value is -2.01. The number of nitrogens with zero attached hydrogens (tertiary/aromatic N) is 3. The van der Waals surface area contributed by atoms with Crippen LogP contribution in [0.15, 0.2) is 36.5 Å². The summed E-state index contributed by atoms with van der Waals surface area (Å²) < 4.78 is 1.62. The van der Waals surface area contributed by atoms with Crippen LogP contribution in [0.4, 0.5) is 0 Å². The Kier molecular flexibility index (Phi) is 3.87. The number of hydrogen-bond acceptors (Lipinski definition) is 4. The van der Waals surface area contributed by atoms with E-state index in [-0.39, 0.29) is 5.78 Å². The van der Waals surface area contributed by atoms with E-state index in [0.717, 1.165) is 31.6 Å². The van der Waals surface area contributed by atoms with Gasteiger partial charge in [0, 0.05) is 6.42 Å². The molecular weight excluding hydrogens is 252 g/mol. The van der Waals surface area contributed by atoms with Crippen LogP contribution in [0.3, 0.4) is 0 Å². The van der Waals surface area contributed by atoms with E-state index in [4.69, 9.17) is 0 Å². The van der Waals surface area contributed by atoms with Gasteiger partial charge in [-0.05, 0) is 44.0 Å². The van der Waals surface area contributed by atoms with Gasteiger partial charge in [0.05, 0.1) is 11.9 Å². The summed E-state index contributed by atoms with van der Waals surface area (Å²) in [4.78, 5) is 12.4. The zero-order valence-corrected chi connectivity index (χ0v) is 11.3. The molecule has 1 aliphatic heterocycles. The molecule has 0 saturated carbocycles. The summed E-state index contributed by atoms with van der Waals surface area (Å²) in [6, 6.07) is 9.64. The van der Waals surface area contributed by atoms with Crippen LogP contribution >= 0.6 is 0 Å². The molecule has 1 aromatic heterocycles. The SMILES string of the molecule is O=C(CC1CCCNC1)c1cnnn1-c1ccccc1. The molecule has 1 saturated heterocycles. The zero-order valence-electron chi connectivity index (χ0n) is 11.3. The molecule has 5 nitrogen and oxygen atoms in total. The van der Waals surface area contributed by atoms with Crippen LogP contribution in [-0.2, 0) is 0 Å². The number of para-hydroxylation sites is 1. The number of carbonyl (C=O) groups is 1. The summed E-state index contributed by atoms with van der Waals surface area (Å²) in [5, 5.41) is 11.3. The number of ketones is 1. The van der Waals surface area contributed by atoms with Gasteiger partial charge in [-0.2, -0.15) is 0 Å². The summed E-state index contributed by atoms with van der Waals surface area (Å²) in [5.74, 6) is 0.544. The fourth-order valence-corrected chi connectivity index (χ4v) is 2.65. The maximum atomic E-state index is 12.4. The molecule has 0 amide bonds. The number of Topliss-reactive ketones (excluding diaryl/α,β-unsaturated/α-hetero) is 1. The van der Waals surface area contributed by atoms with Gasteiger partial charge in [-0.1, -0.05) is 23.4 Å². The average molecular weight is 270 g/mol. The van der Waals surface area contributed by atoms with Crippen LogP contribution < -0.4 is 5.32 Å². The fraction of sp³-hybridized carbons (Fsp3) is 0.400. The van der Waals surface area contributed by atoms with Crippen LogP contribution in [-0.4, -0.2) is 33.9 Å². The van der Waals surface area contributed by atoms with Crippen molar-refractivity contribution in [1.29, 1.82) is 0 Å². The van der Waals surface area contributed by atoms with Gasteiger partial charge in [-0.25, -0.2) is 4.68 Å². The van der Waals surface area contributed by atoms with E-state index in [1.54, 1.807) is 10.9 Å². The Balaban J connectivity index is 1.77. The predicted molar refractivity (Wildman–Crippen MR) is 75.9 cm³/mol. The molecule has 1 unspecified atom stereocenters. The summed E-state index contributed by atoms with van der Waals surface area (Å²) in [5.41, 5.74) is 1.44. The summed E-state index contributed by atoms with van der Waals surface area (Å²) in [6.07, 6.45) is 4.39. The van der Waals surface area contributed by atoms with Gasteiger partial charge in [-0.15, -0.1) is 5.10 Å². The van der Waals surface area contributed by atoms with E-state index >= 15 is 0 Å². The lowest BCUT2D eigenvalue weighted by Gasteiger charge is -2.21. The number of piperidine rings is 1. The number of nitrogens with one attached hydrogen (secondary N) is 1. The van der Waals surface area contributed by atoms with Gasteiger partial charge < -0.3 is 5.32 Å². The minimum Gasteiger partial charge on any atom is -0.316 e. The third-order valence-corrected chi connectivity index (χ3v) is 3.71. The second kappa shape index (κ2) is 5.96. The van der Waals surface area contributed by atoms with Gasteiger partial charge >= 0.3 is 0 Å². The molecule has 0 radical (unpaired) electrons. The second-order valence-corrected chi connectivity index (χ2v) is 5.21. The highest BCUT2D eigenvalue weighted by Crippen LogP contribution is 2.18. The number of benzene rings is 1. The van der Waals surface area contributed by atoms with E-state index < -0.39 is 0 Å². The molecule has 5 heteroatoms. The third-order valence-electron chi connectivity index (χ3n) is 3.71. The first kappa shape index (κ1) is 13.0. The van der Waals surface area contributed by atoms with E-state index in [0.29, 0.717) is 18.0 Å². The molecule has 2 aromatic rings. The molecule has 3 rings (SSSR count). The summed E-state index contributed by atoms with van der Waals surface area (Å²) in [7, 11) is 0. The van der Waals surface area contributed by atoms with Crippen molar-refractivity contribution in [3.63, 3.8) is 0 Å². The van der Waals surface area contributed by atoms with E-state index in [2.05, 4.69) is 15.6 Å². The molecule has 0 bridgehead atoms. The van der Waals surface area contributed by atoms with Crippen molar-refractivity contribution >= 4 is 5.78 Å². The van der Waals surface area contributed by atoms with Crippen molar-refractivity contribution in [2.75, 3.05) is 13.1 Å². The van der Waals surface area contributed by atoms with Crippen molar-refractivity contribution in [2.45, 2.75) is 19.3 Å². The average Bonchev–Trinajstić information content (AvgIpc) is 2.99. The lowest BCUT2D eigenvalue weighted by atomic mass is 9.93. The number of aromatic nitrogens is 3. The Bertz CT molecular complexity index is 573. The summed E-state index contributed by atoms with van der Waals surface area (Å²) in [6.45, 7) is 1.99. The Morgan fingerprint density at radius 1 is 1.35 bits per heavy atom. The first-order chi connectivity index (χ1) is 9.84. The standard InChI is InChI=1S/C15H18N4O/c20-15(9-12-5-4-8-16-10-12)14-11-17-18-19(14)13-6-2-1-3-7-13/h1-3,6-7,11-12,16H,4-5,8-10H2. The topological polar surface area (TPSA) is 59.8 Å². The normalized spacial score (nSPS) is 18.9. The molecule has 1 atom stereocenters. The molecule has 1 N–H and O–H groups in total. The molecule has 20 heavy (non-hydrogen) atoms.